The second-order valence-electron chi connectivity index (χ2n) is 14.0. The molecule has 4 N–H and O–H groups in total. The van der Waals surface area contributed by atoms with Crippen molar-refractivity contribution < 1.29 is 42.2 Å². The zero-order valence-corrected chi connectivity index (χ0v) is 29.3. The molecule has 0 unspecified atom stereocenters. The maximum absolute atomic E-state index is 14.5. The van der Waals surface area contributed by atoms with Crippen LogP contribution < -0.4 is 24.8 Å². The number of allylic oxidation sites excluding steroid dienone is 1. The molecule has 1 aromatic heterocycles. The summed E-state index contributed by atoms with van der Waals surface area (Å²) in [5.41, 5.74) is -1.52. The van der Waals surface area contributed by atoms with Gasteiger partial charge in [-0.2, -0.15) is 0 Å². The Bertz CT molecular complexity index is 1800. The third kappa shape index (κ3) is 7.23. The second-order valence-corrected chi connectivity index (χ2v) is 16.0. The number of amides is 4. The van der Waals surface area contributed by atoms with Gasteiger partial charge in [-0.25, -0.2) is 18.2 Å². The van der Waals surface area contributed by atoms with Crippen LogP contribution in [0.4, 0.5) is 4.79 Å². The number of methoxy groups -OCH3 is 1. The van der Waals surface area contributed by atoms with Crippen molar-refractivity contribution in [2.24, 2.45) is 17.8 Å². The molecular formula is C35H45N5O9S. The molecule has 6 rings (SSSR count). The smallest absolute Gasteiger partial charge is 0.405 e. The van der Waals surface area contributed by atoms with E-state index >= 15 is 0 Å². The minimum absolute atomic E-state index is 0.0190. The first kappa shape index (κ1) is 35.4. The summed E-state index contributed by atoms with van der Waals surface area (Å²) in [6.45, 7) is 3.90. The van der Waals surface area contributed by atoms with Crippen LogP contribution in [0.5, 0.6) is 11.6 Å². The largest absolute Gasteiger partial charge is 0.494 e. The van der Waals surface area contributed by atoms with Crippen molar-refractivity contribution in [3.8, 4) is 11.6 Å². The van der Waals surface area contributed by atoms with Crippen LogP contribution in [-0.2, 0) is 24.4 Å². The van der Waals surface area contributed by atoms with E-state index in [1.54, 1.807) is 0 Å². The molecule has 0 radical (unpaired) electrons. The Balaban J connectivity index is 1.35. The van der Waals surface area contributed by atoms with Crippen molar-refractivity contribution in [3.05, 3.63) is 42.6 Å². The van der Waals surface area contributed by atoms with Crippen LogP contribution >= 0.6 is 0 Å². The summed E-state index contributed by atoms with van der Waals surface area (Å²) < 4.78 is 39.6. The quantitative estimate of drug-likeness (QED) is 0.296. The van der Waals surface area contributed by atoms with E-state index in [1.165, 1.54) is 18.2 Å². The summed E-state index contributed by atoms with van der Waals surface area (Å²) in [5.74, 6) is -1.87. The summed E-state index contributed by atoms with van der Waals surface area (Å²) >= 11 is 0. The molecule has 1 aromatic carbocycles. The Hall–Kier alpha value is -4.40. The molecule has 270 valence electrons. The van der Waals surface area contributed by atoms with Gasteiger partial charge in [0, 0.05) is 23.1 Å². The molecule has 4 amide bonds. The van der Waals surface area contributed by atoms with E-state index in [1.807, 2.05) is 50.3 Å². The van der Waals surface area contributed by atoms with E-state index in [0.717, 1.165) is 11.8 Å². The Morgan fingerprint density at radius 3 is 2.56 bits per heavy atom. The topological polar surface area (TPSA) is 193 Å². The standard InChI is InChI=1S/C35H45N5O9S/c1-4-21-15-20(2)9-5-6-10-22-17-35(22,33(43)39-50(46,47)24-13-14-24)38-30(41)27-16-23(19-40(27)32(42)29(21)37-34(44)45)49-31-26-12-8-7-11-25(26)28(48-3)18-36-31/h6-8,10-12,18,20-24,27,29,37H,4-5,9,13-17,19H2,1-3H3,(H,38,41)(H,39,43)(H,44,45)/b10-6-/t20-,21-,22-,23-,27+,29+,35-/m1/s1. The molecule has 3 heterocycles. The van der Waals surface area contributed by atoms with Gasteiger partial charge in [-0.1, -0.05) is 50.6 Å². The van der Waals surface area contributed by atoms with Gasteiger partial charge in [0.2, 0.25) is 27.7 Å². The van der Waals surface area contributed by atoms with Crippen LogP contribution in [0.2, 0.25) is 0 Å². The van der Waals surface area contributed by atoms with E-state index in [-0.39, 0.29) is 37.1 Å². The molecule has 1 saturated heterocycles. The van der Waals surface area contributed by atoms with Gasteiger partial charge in [0.25, 0.3) is 5.91 Å². The van der Waals surface area contributed by atoms with Crippen molar-refractivity contribution in [1.29, 1.82) is 0 Å². The Labute approximate surface area is 291 Å². The van der Waals surface area contributed by atoms with Crippen LogP contribution in [0.1, 0.15) is 65.2 Å². The average molecular weight is 712 g/mol. The first-order valence-electron chi connectivity index (χ1n) is 17.3. The van der Waals surface area contributed by atoms with Crippen molar-refractivity contribution >= 4 is 44.6 Å². The van der Waals surface area contributed by atoms with Gasteiger partial charge >= 0.3 is 6.09 Å². The Kier molecular flexibility index (Phi) is 9.98. The number of sulfonamides is 1. The zero-order chi connectivity index (χ0) is 35.8. The van der Waals surface area contributed by atoms with Crippen molar-refractivity contribution in [3.63, 3.8) is 0 Å². The maximum atomic E-state index is 14.5. The van der Waals surface area contributed by atoms with Gasteiger partial charge in [0.05, 0.1) is 25.1 Å². The number of benzene rings is 1. The summed E-state index contributed by atoms with van der Waals surface area (Å²) in [5, 5.41) is 15.9. The predicted octanol–water partition coefficient (Wildman–Crippen LogP) is 3.11. The number of carboxylic acid groups (broad SMARTS) is 1. The highest BCUT2D eigenvalue weighted by molar-refractivity contribution is 7.91. The number of hydrogen-bond donors (Lipinski definition) is 4. The van der Waals surface area contributed by atoms with Crippen molar-refractivity contribution in [1.82, 2.24) is 25.2 Å². The summed E-state index contributed by atoms with van der Waals surface area (Å²) in [7, 11) is -2.36. The summed E-state index contributed by atoms with van der Waals surface area (Å²) in [6.07, 6.45) is 6.88. The van der Waals surface area contributed by atoms with E-state index in [2.05, 4.69) is 20.3 Å². The van der Waals surface area contributed by atoms with Gasteiger partial charge in [-0.3, -0.25) is 19.1 Å². The molecule has 3 fully saturated rings. The molecule has 7 atom stereocenters. The molecule has 0 spiro atoms. The lowest BCUT2D eigenvalue weighted by Crippen LogP contribution is -2.59. The number of nitrogens with one attached hydrogen (secondary N) is 3. The van der Waals surface area contributed by atoms with Gasteiger partial charge in [0.15, 0.2) is 0 Å². The average Bonchev–Trinajstić information content (AvgIpc) is 4.01. The number of hydrogen-bond acceptors (Lipinski definition) is 9. The fraction of sp³-hybridized carbons (Fsp3) is 0.571. The van der Waals surface area contributed by atoms with E-state index in [0.29, 0.717) is 43.2 Å². The summed E-state index contributed by atoms with van der Waals surface area (Å²) in [6, 6.07) is 5.08. The Morgan fingerprint density at radius 2 is 1.88 bits per heavy atom. The third-order valence-electron chi connectivity index (χ3n) is 10.5. The highest BCUT2D eigenvalue weighted by atomic mass is 32.2. The van der Waals surface area contributed by atoms with Gasteiger partial charge in [-0.15, -0.1) is 0 Å². The van der Waals surface area contributed by atoms with Crippen LogP contribution in [-0.4, -0.2) is 89.9 Å². The second kappa shape index (κ2) is 14.1. The first-order valence-corrected chi connectivity index (χ1v) is 18.8. The lowest BCUT2D eigenvalue weighted by atomic mass is 9.85. The molecule has 15 heteroatoms. The highest BCUT2D eigenvalue weighted by Gasteiger charge is 2.62. The fourth-order valence-electron chi connectivity index (χ4n) is 7.40. The van der Waals surface area contributed by atoms with Gasteiger partial charge in [0.1, 0.15) is 29.5 Å². The maximum Gasteiger partial charge on any atom is 0.405 e. The molecule has 0 bridgehead atoms. The molecule has 50 heavy (non-hydrogen) atoms. The number of rotatable bonds is 8. The number of carbonyl (C=O) groups is 4. The van der Waals surface area contributed by atoms with Crippen LogP contribution in [0.25, 0.3) is 10.8 Å². The molecule has 14 nitrogen and oxygen atoms in total. The predicted molar refractivity (Wildman–Crippen MR) is 183 cm³/mol. The number of aromatic nitrogens is 1. The fourth-order valence-corrected chi connectivity index (χ4v) is 8.77. The normalized spacial score (nSPS) is 30.9. The van der Waals surface area contributed by atoms with Gasteiger partial charge < -0.3 is 30.1 Å². The number of fused-ring (bicyclic) bond motifs is 3. The first-order chi connectivity index (χ1) is 23.9. The minimum Gasteiger partial charge on any atom is -0.494 e. The van der Waals surface area contributed by atoms with Crippen LogP contribution in [0.15, 0.2) is 42.6 Å². The van der Waals surface area contributed by atoms with E-state index in [4.69, 9.17) is 9.47 Å². The molecule has 4 aliphatic rings. The molecular weight excluding hydrogens is 666 g/mol. The molecule has 2 saturated carbocycles. The van der Waals surface area contributed by atoms with Crippen molar-refractivity contribution in [2.75, 3.05) is 13.7 Å². The molecule has 2 aromatic rings. The van der Waals surface area contributed by atoms with Crippen LogP contribution in [0.3, 0.4) is 0 Å². The Morgan fingerprint density at radius 1 is 1.14 bits per heavy atom. The monoisotopic (exact) mass is 711 g/mol. The number of nitrogens with zero attached hydrogens (tertiary/aromatic N) is 2. The summed E-state index contributed by atoms with van der Waals surface area (Å²) in [4.78, 5) is 60.2. The number of ether oxygens (including phenoxy) is 2. The molecule has 2 aliphatic heterocycles. The lowest BCUT2D eigenvalue weighted by Gasteiger charge is -2.33. The SMILES string of the molecule is CC[C@@H]1C[C@H](C)CC/C=C\[C@@H]2C[C@@]2(C(=O)NS(=O)(=O)C2CC2)NC(=O)[C@@H]2C[C@@H](Oc3ncc(OC)c4ccccc34)CN2C(=O)[C@H]1NC(=O)O. The number of carbonyl (C=O) groups excluding carboxylic acids is 3. The van der Waals surface area contributed by atoms with Crippen LogP contribution in [0, 0.1) is 17.8 Å². The van der Waals surface area contributed by atoms with Crippen molar-refractivity contribution in [2.45, 2.75) is 94.2 Å². The number of pyridine rings is 1. The lowest BCUT2D eigenvalue weighted by molar-refractivity contribution is -0.142. The minimum atomic E-state index is -3.90. The zero-order valence-electron chi connectivity index (χ0n) is 28.5. The van der Waals surface area contributed by atoms with E-state index in [9.17, 15) is 32.7 Å². The van der Waals surface area contributed by atoms with E-state index < -0.39 is 68.7 Å². The van der Waals surface area contributed by atoms with Gasteiger partial charge in [-0.05, 0) is 56.4 Å². The molecule has 2 aliphatic carbocycles. The highest BCUT2D eigenvalue weighted by Crippen LogP contribution is 2.46. The third-order valence-corrected chi connectivity index (χ3v) is 12.3.